The van der Waals surface area contributed by atoms with Crippen LogP contribution in [0.15, 0.2) is 59.4 Å². The van der Waals surface area contributed by atoms with Crippen molar-refractivity contribution in [3.63, 3.8) is 0 Å². The van der Waals surface area contributed by atoms with Crippen molar-refractivity contribution in [2.75, 3.05) is 13.1 Å². The summed E-state index contributed by atoms with van der Waals surface area (Å²) in [5.41, 5.74) is 1.02. The average molecular weight is 447 g/mol. The fourth-order valence-corrected chi connectivity index (χ4v) is 3.23. The molecule has 30 heavy (non-hydrogen) atoms. The molecule has 2 amide bonds. The number of hydrogen-bond donors (Lipinski definition) is 2. The second-order valence-corrected chi connectivity index (χ2v) is 7.68. The van der Waals surface area contributed by atoms with Crippen LogP contribution in [0.3, 0.4) is 0 Å². The maximum Gasteiger partial charge on any atom is 0.287 e. The summed E-state index contributed by atoms with van der Waals surface area (Å²) in [6, 6.07) is 16.3. The third-order valence-corrected chi connectivity index (χ3v) is 4.81. The molecule has 9 heteroatoms. The van der Waals surface area contributed by atoms with Crippen LogP contribution in [0.25, 0.3) is 10.9 Å². The maximum absolute atomic E-state index is 12.4. The van der Waals surface area contributed by atoms with E-state index >= 15 is 0 Å². The highest BCUT2D eigenvalue weighted by molar-refractivity contribution is 6.53. The molecular weight excluding hydrogens is 427 g/mol. The van der Waals surface area contributed by atoms with Crippen molar-refractivity contribution in [1.82, 2.24) is 20.2 Å². The smallest absolute Gasteiger partial charge is 0.287 e. The minimum absolute atomic E-state index is 0.0579. The molecule has 0 aliphatic carbocycles. The third-order valence-electron chi connectivity index (χ3n) is 4.43. The van der Waals surface area contributed by atoms with E-state index in [1.54, 1.807) is 29.2 Å². The predicted octanol–water partition coefficient (Wildman–Crippen LogP) is 2.88. The molecule has 156 valence electrons. The van der Waals surface area contributed by atoms with E-state index in [2.05, 4.69) is 15.3 Å². The summed E-state index contributed by atoms with van der Waals surface area (Å²) in [6.45, 7) is 0.998. The Morgan fingerprint density at radius 2 is 1.77 bits per heavy atom. The number of aromatic nitrogens is 2. The zero-order valence-corrected chi connectivity index (χ0v) is 17.5. The number of hydrogen-bond acceptors (Lipinski definition) is 4. The summed E-state index contributed by atoms with van der Waals surface area (Å²) in [6.07, 6.45) is 0.475. The van der Waals surface area contributed by atoms with Crippen LogP contribution in [0.2, 0.25) is 0 Å². The monoisotopic (exact) mass is 446 g/mol. The van der Waals surface area contributed by atoms with Gasteiger partial charge in [0, 0.05) is 19.6 Å². The van der Waals surface area contributed by atoms with Crippen LogP contribution in [-0.2, 0) is 11.3 Å². The Hall–Kier alpha value is -2.90. The Kier molecular flexibility index (Phi) is 7.43. The molecule has 0 aliphatic heterocycles. The molecule has 0 fully saturated rings. The van der Waals surface area contributed by atoms with E-state index in [4.69, 9.17) is 23.2 Å². The van der Waals surface area contributed by atoms with E-state index in [0.29, 0.717) is 30.4 Å². The molecule has 0 bridgehead atoms. The van der Waals surface area contributed by atoms with E-state index < -0.39 is 16.7 Å². The van der Waals surface area contributed by atoms with Crippen molar-refractivity contribution < 1.29 is 9.59 Å². The molecule has 1 heterocycles. The van der Waals surface area contributed by atoms with Crippen LogP contribution in [0, 0.1) is 0 Å². The van der Waals surface area contributed by atoms with E-state index in [-0.39, 0.29) is 17.9 Å². The number of carbonyl (C=O) groups excluding carboxylic acids is 2. The molecular formula is C21H20Cl2N4O3. The van der Waals surface area contributed by atoms with Gasteiger partial charge < -0.3 is 15.2 Å². The average Bonchev–Trinajstić information content (AvgIpc) is 2.75. The number of nitrogens with zero attached hydrogens (tertiary/aromatic N) is 2. The fourth-order valence-electron chi connectivity index (χ4n) is 2.96. The highest BCUT2D eigenvalue weighted by Gasteiger charge is 2.20. The zero-order valence-electron chi connectivity index (χ0n) is 16.0. The second kappa shape index (κ2) is 10.2. The van der Waals surface area contributed by atoms with Crippen molar-refractivity contribution in [2.24, 2.45) is 0 Å². The van der Waals surface area contributed by atoms with Gasteiger partial charge in [-0.25, -0.2) is 4.98 Å². The normalized spacial score (nSPS) is 10.9. The van der Waals surface area contributed by atoms with E-state index in [9.17, 15) is 14.4 Å². The van der Waals surface area contributed by atoms with Crippen molar-refractivity contribution in [3.05, 3.63) is 76.3 Å². The van der Waals surface area contributed by atoms with Crippen LogP contribution in [0.5, 0.6) is 0 Å². The number of halogens is 2. The van der Waals surface area contributed by atoms with Crippen LogP contribution in [0.4, 0.5) is 0 Å². The third kappa shape index (κ3) is 5.58. The van der Waals surface area contributed by atoms with Gasteiger partial charge in [0.2, 0.25) is 0 Å². The molecule has 0 atom stereocenters. The first-order valence-corrected chi connectivity index (χ1v) is 10.2. The largest absolute Gasteiger partial charge is 0.349 e. The van der Waals surface area contributed by atoms with E-state index in [1.807, 2.05) is 30.3 Å². The van der Waals surface area contributed by atoms with Crippen LogP contribution < -0.4 is 10.9 Å². The predicted molar refractivity (Wildman–Crippen MR) is 117 cm³/mol. The highest BCUT2D eigenvalue weighted by atomic mass is 35.5. The van der Waals surface area contributed by atoms with Gasteiger partial charge in [0.05, 0.1) is 10.9 Å². The molecule has 2 N–H and O–H groups in total. The van der Waals surface area contributed by atoms with Gasteiger partial charge in [-0.1, -0.05) is 65.7 Å². The molecule has 0 saturated heterocycles. The number of rotatable bonds is 8. The first kappa shape index (κ1) is 21.8. The Morgan fingerprint density at radius 1 is 1.07 bits per heavy atom. The number of para-hydroxylation sites is 1. The maximum atomic E-state index is 12.4. The molecule has 0 aliphatic rings. The number of fused-ring (bicyclic) bond motifs is 1. The van der Waals surface area contributed by atoms with Gasteiger partial charge in [0.15, 0.2) is 10.7 Å². The Balaban J connectivity index is 1.58. The number of aromatic amines is 1. The lowest BCUT2D eigenvalue weighted by atomic mass is 10.2. The standard InChI is InChI=1S/C21H20Cl2N4O3/c22-17(23)21(30)27(13-14-7-2-1-3-8-14)12-6-11-24-20(29)18-25-16-10-5-4-9-15(16)19(28)26-18/h1-5,7-10,17H,6,11-13H2,(H,24,29)(H,25,26,28). The SMILES string of the molecule is O=C(NCCCN(Cc1ccccc1)C(=O)C(Cl)Cl)c1nc2ccccc2c(=O)[nH]1. The van der Waals surface area contributed by atoms with Gasteiger partial charge in [-0.15, -0.1) is 0 Å². The molecule has 3 rings (SSSR count). The summed E-state index contributed by atoms with van der Waals surface area (Å²) in [7, 11) is 0. The number of amides is 2. The quantitative estimate of drug-likeness (QED) is 0.410. The number of benzene rings is 2. The van der Waals surface area contributed by atoms with Crippen molar-refractivity contribution in [1.29, 1.82) is 0 Å². The van der Waals surface area contributed by atoms with Crippen LogP contribution >= 0.6 is 23.2 Å². The first-order valence-electron chi connectivity index (χ1n) is 9.34. The molecule has 0 radical (unpaired) electrons. The minimum Gasteiger partial charge on any atom is -0.349 e. The Bertz CT molecular complexity index is 1090. The first-order chi connectivity index (χ1) is 14.5. The summed E-state index contributed by atoms with van der Waals surface area (Å²) < 4.78 is 0. The van der Waals surface area contributed by atoms with Gasteiger partial charge in [-0.3, -0.25) is 14.4 Å². The van der Waals surface area contributed by atoms with Gasteiger partial charge >= 0.3 is 0 Å². The molecule has 0 spiro atoms. The Morgan fingerprint density at radius 3 is 2.50 bits per heavy atom. The topological polar surface area (TPSA) is 95.2 Å². The lowest BCUT2D eigenvalue weighted by molar-refractivity contribution is -0.130. The van der Waals surface area contributed by atoms with Crippen molar-refractivity contribution in [3.8, 4) is 0 Å². The summed E-state index contributed by atoms with van der Waals surface area (Å²) in [4.78, 5) is 43.8. The minimum atomic E-state index is -1.16. The van der Waals surface area contributed by atoms with Gasteiger partial charge in [0.1, 0.15) is 0 Å². The van der Waals surface area contributed by atoms with Crippen molar-refractivity contribution >= 4 is 45.9 Å². The number of nitrogens with one attached hydrogen (secondary N) is 2. The molecule has 1 aromatic heterocycles. The molecule has 7 nitrogen and oxygen atoms in total. The van der Waals surface area contributed by atoms with Gasteiger partial charge in [0.25, 0.3) is 17.4 Å². The fraction of sp³-hybridized carbons (Fsp3) is 0.238. The number of H-pyrrole nitrogens is 1. The molecule has 0 unspecified atom stereocenters. The molecule has 0 saturated carbocycles. The molecule has 3 aromatic rings. The van der Waals surface area contributed by atoms with Crippen LogP contribution in [0.1, 0.15) is 22.6 Å². The van der Waals surface area contributed by atoms with Crippen molar-refractivity contribution in [2.45, 2.75) is 17.8 Å². The van der Waals surface area contributed by atoms with Crippen LogP contribution in [-0.4, -0.2) is 44.6 Å². The zero-order chi connectivity index (χ0) is 21.5. The number of carbonyl (C=O) groups is 2. The lowest BCUT2D eigenvalue weighted by Crippen LogP contribution is -2.37. The number of alkyl halides is 2. The lowest BCUT2D eigenvalue weighted by Gasteiger charge is -2.23. The highest BCUT2D eigenvalue weighted by Crippen LogP contribution is 2.12. The molecule has 2 aromatic carbocycles. The van der Waals surface area contributed by atoms with E-state index in [1.165, 1.54) is 0 Å². The second-order valence-electron chi connectivity index (χ2n) is 6.59. The van der Waals surface area contributed by atoms with E-state index in [0.717, 1.165) is 5.56 Å². The summed E-state index contributed by atoms with van der Waals surface area (Å²) >= 11 is 11.5. The van der Waals surface area contributed by atoms with Gasteiger partial charge in [-0.2, -0.15) is 0 Å². The Labute approximate surface area is 183 Å². The summed E-state index contributed by atoms with van der Waals surface area (Å²) in [5.74, 6) is -0.946. The van der Waals surface area contributed by atoms with Gasteiger partial charge in [-0.05, 0) is 24.1 Å². The summed E-state index contributed by atoms with van der Waals surface area (Å²) in [5, 5.41) is 3.12.